The predicted octanol–water partition coefficient (Wildman–Crippen LogP) is 3.36. The number of carbonyl (C=O) groups is 1. The molecule has 0 unspecified atom stereocenters. The van der Waals surface area contributed by atoms with E-state index in [1.807, 2.05) is 30.3 Å². The summed E-state index contributed by atoms with van der Waals surface area (Å²) in [6.07, 6.45) is 4.73. The van der Waals surface area contributed by atoms with E-state index < -0.39 is 5.82 Å². The number of methoxy groups -OCH3 is 1. The Morgan fingerprint density at radius 3 is 2.79 bits per heavy atom. The Bertz CT molecular complexity index is 970. The number of halogens is 1. The quantitative estimate of drug-likeness (QED) is 0.638. The summed E-state index contributed by atoms with van der Waals surface area (Å²) in [6, 6.07) is 14.1. The zero-order valence-electron chi connectivity index (χ0n) is 15.7. The number of hydrogen-bond donors (Lipinski definition) is 1. The van der Waals surface area contributed by atoms with Gasteiger partial charge >= 0.3 is 0 Å². The Kier molecular flexibility index (Phi) is 6.16. The molecule has 0 bridgehead atoms. The van der Waals surface area contributed by atoms with Gasteiger partial charge in [-0.05, 0) is 36.3 Å². The van der Waals surface area contributed by atoms with Gasteiger partial charge in [0.15, 0.2) is 11.6 Å². The molecule has 3 aromatic rings. The molecule has 6 nitrogen and oxygen atoms in total. The highest BCUT2D eigenvalue weighted by Gasteiger charge is 2.11. The van der Waals surface area contributed by atoms with Gasteiger partial charge in [-0.3, -0.25) is 4.79 Å². The van der Waals surface area contributed by atoms with Crippen LogP contribution in [0.2, 0.25) is 0 Å². The molecule has 0 aliphatic carbocycles. The zero-order chi connectivity index (χ0) is 19.9. The second kappa shape index (κ2) is 8.94. The summed E-state index contributed by atoms with van der Waals surface area (Å²) < 4.78 is 20.4. The lowest BCUT2D eigenvalue weighted by Crippen LogP contribution is -2.24. The molecule has 0 radical (unpaired) electrons. The van der Waals surface area contributed by atoms with E-state index in [-0.39, 0.29) is 17.7 Å². The van der Waals surface area contributed by atoms with Crippen LogP contribution >= 0.6 is 0 Å². The minimum Gasteiger partial charge on any atom is -0.494 e. The molecule has 1 aromatic heterocycles. The van der Waals surface area contributed by atoms with Crippen LogP contribution in [0.25, 0.3) is 6.08 Å². The molecule has 0 saturated heterocycles. The average molecular weight is 380 g/mol. The van der Waals surface area contributed by atoms with E-state index in [0.29, 0.717) is 17.8 Å². The number of benzene rings is 2. The van der Waals surface area contributed by atoms with Crippen molar-refractivity contribution in [1.82, 2.24) is 20.3 Å². The number of amides is 1. The zero-order valence-corrected chi connectivity index (χ0v) is 15.7. The first-order valence-corrected chi connectivity index (χ1v) is 8.81. The Labute approximate surface area is 162 Å². The predicted molar refractivity (Wildman–Crippen MR) is 104 cm³/mol. The highest BCUT2D eigenvalue weighted by molar-refractivity contribution is 5.91. The van der Waals surface area contributed by atoms with Gasteiger partial charge in [0.1, 0.15) is 5.69 Å². The standard InChI is InChI=1S/C21H21FN4O2/c1-15(17-8-10-20(28-2)19(22)12-17)23-21(27)11-9-18-14-26(25-24-18)13-16-6-4-3-5-7-16/h3-12,14-15H,13H2,1-2H3,(H,23,27)/b11-9+/t15-/m1/s1. The fourth-order valence-corrected chi connectivity index (χ4v) is 2.70. The van der Waals surface area contributed by atoms with Crippen molar-refractivity contribution in [2.45, 2.75) is 19.5 Å². The van der Waals surface area contributed by atoms with E-state index >= 15 is 0 Å². The highest BCUT2D eigenvalue weighted by atomic mass is 19.1. The van der Waals surface area contributed by atoms with Gasteiger partial charge in [0.25, 0.3) is 0 Å². The number of nitrogens with zero attached hydrogens (tertiary/aromatic N) is 3. The molecular formula is C21H21FN4O2. The molecule has 3 rings (SSSR count). The Morgan fingerprint density at radius 2 is 2.07 bits per heavy atom. The van der Waals surface area contributed by atoms with E-state index in [2.05, 4.69) is 15.6 Å². The van der Waals surface area contributed by atoms with Crippen molar-refractivity contribution in [3.8, 4) is 5.75 Å². The number of nitrogens with one attached hydrogen (secondary N) is 1. The van der Waals surface area contributed by atoms with E-state index in [1.165, 1.54) is 25.3 Å². The van der Waals surface area contributed by atoms with Crippen LogP contribution in [-0.2, 0) is 11.3 Å². The van der Waals surface area contributed by atoms with Crippen LogP contribution in [0, 0.1) is 5.82 Å². The van der Waals surface area contributed by atoms with Crippen LogP contribution in [0.3, 0.4) is 0 Å². The Balaban J connectivity index is 1.57. The monoisotopic (exact) mass is 380 g/mol. The lowest BCUT2D eigenvalue weighted by molar-refractivity contribution is -0.117. The van der Waals surface area contributed by atoms with Gasteiger partial charge in [0, 0.05) is 6.08 Å². The number of ether oxygens (including phenoxy) is 1. The normalized spacial score (nSPS) is 12.1. The molecule has 1 N–H and O–H groups in total. The maximum absolute atomic E-state index is 13.8. The first-order chi connectivity index (χ1) is 13.5. The van der Waals surface area contributed by atoms with E-state index in [9.17, 15) is 9.18 Å². The summed E-state index contributed by atoms with van der Waals surface area (Å²) in [7, 11) is 1.41. The minimum atomic E-state index is -0.466. The van der Waals surface area contributed by atoms with Crippen molar-refractivity contribution >= 4 is 12.0 Å². The fourth-order valence-electron chi connectivity index (χ4n) is 2.70. The molecule has 1 atom stereocenters. The van der Waals surface area contributed by atoms with Gasteiger partial charge in [-0.15, -0.1) is 5.10 Å². The second-order valence-electron chi connectivity index (χ2n) is 6.28. The summed E-state index contributed by atoms with van der Waals surface area (Å²) >= 11 is 0. The number of aromatic nitrogens is 3. The second-order valence-corrected chi connectivity index (χ2v) is 6.28. The molecule has 0 aliphatic rings. The lowest BCUT2D eigenvalue weighted by Gasteiger charge is -2.14. The largest absolute Gasteiger partial charge is 0.494 e. The van der Waals surface area contributed by atoms with Crippen molar-refractivity contribution < 1.29 is 13.9 Å². The third kappa shape index (κ3) is 5.03. The number of hydrogen-bond acceptors (Lipinski definition) is 4. The van der Waals surface area contributed by atoms with Crippen molar-refractivity contribution in [3.05, 3.63) is 83.4 Å². The first kappa shape index (κ1) is 19.3. The van der Waals surface area contributed by atoms with Crippen molar-refractivity contribution in [3.63, 3.8) is 0 Å². The van der Waals surface area contributed by atoms with Gasteiger partial charge in [-0.25, -0.2) is 9.07 Å². The lowest BCUT2D eigenvalue weighted by atomic mass is 10.1. The smallest absolute Gasteiger partial charge is 0.244 e. The van der Waals surface area contributed by atoms with Crippen LogP contribution in [0.1, 0.15) is 29.8 Å². The maximum Gasteiger partial charge on any atom is 0.244 e. The summed E-state index contributed by atoms with van der Waals surface area (Å²) in [5, 5.41) is 10.9. The van der Waals surface area contributed by atoms with Gasteiger partial charge in [-0.1, -0.05) is 41.6 Å². The summed E-state index contributed by atoms with van der Waals surface area (Å²) in [5.74, 6) is -0.603. The van der Waals surface area contributed by atoms with E-state index in [4.69, 9.17) is 4.74 Å². The molecule has 0 saturated carbocycles. The Hall–Kier alpha value is -3.48. The molecule has 0 aliphatic heterocycles. The molecule has 0 fully saturated rings. The third-order valence-electron chi connectivity index (χ3n) is 4.18. The molecule has 2 aromatic carbocycles. The number of carbonyl (C=O) groups excluding carboxylic acids is 1. The van der Waals surface area contributed by atoms with Crippen LogP contribution in [0.5, 0.6) is 5.75 Å². The van der Waals surface area contributed by atoms with Crippen LogP contribution in [-0.4, -0.2) is 28.0 Å². The van der Waals surface area contributed by atoms with Crippen molar-refractivity contribution in [2.75, 3.05) is 7.11 Å². The fraction of sp³-hybridized carbons (Fsp3) is 0.190. The molecule has 1 heterocycles. The molecule has 28 heavy (non-hydrogen) atoms. The molecule has 1 amide bonds. The van der Waals surface area contributed by atoms with Crippen LogP contribution < -0.4 is 10.1 Å². The summed E-state index contributed by atoms with van der Waals surface area (Å²) in [6.45, 7) is 2.39. The first-order valence-electron chi connectivity index (χ1n) is 8.81. The highest BCUT2D eigenvalue weighted by Crippen LogP contribution is 2.21. The minimum absolute atomic E-state index is 0.167. The summed E-state index contributed by atoms with van der Waals surface area (Å²) in [5.41, 5.74) is 2.34. The average Bonchev–Trinajstić information content (AvgIpc) is 3.14. The van der Waals surface area contributed by atoms with Gasteiger partial charge in [0.05, 0.1) is 25.9 Å². The van der Waals surface area contributed by atoms with Crippen molar-refractivity contribution in [1.29, 1.82) is 0 Å². The molecule has 0 spiro atoms. The van der Waals surface area contributed by atoms with Crippen LogP contribution in [0.15, 0.2) is 60.8 Å². The van der Waals surface area contributed by atoms with E-state index in [0.717, 1.165) is 5.56 Å². The van der Waals surface area contributed by atoms with Gasteiger partial charge in [0.2, 0.25) is 5.91 Å². The SMILES string of the molecule is COc1ccc([C@@H](C)NC(=O)/C=C/c2cn(Cc3ccccc3)nn2)cc1F. The van der Waals surface area contributed by atoms with E-state index in [1.54, 1.807) is 29.9 Å². The van der Waals surface area contributed by atoms with Crippen LogP contribution in [0.4, 0.5) is 4.39 Å². The van der Waals surface area contributed by atoms with Gasteiger partial charge in [-0.2, -0.15) is 0 Å². The molecular weight excluding hydrogens is 359 g/mol. The maximum atomic E-state index is 13.8. The number of rotatable bonds is 7. The van der Waals surface area contributed by atoms with Crippen molar-refractivity contribution in [2.24, 2.45) is 0 Å². The molecule has 7 heteroatoms. The van der Waals surface area contributed by atoms with Gasteiger partial charge < -0.3 is 10.1 Å². The topological polar surface area (TPSA) is 69.0 Å². The Morgan fingerprint density at radius 1 is 1.29 bits per heavy atom. The third-order valence-corrected chi connectivity index (χ3v) is 4.18. The molecule has 144 valence electrons. The summed E-state index contributed by atoms with van der Waals surface area (Å²) in [4.78, 5) is 12.1.